The molecular weight excluding hydrogens is 391 g/mol. The van der Waals surface area contributed by atoms with E-state index in [1.165, 1.54) is 7.11 Å². The maximum absolute atomic E-state index is 13.9. The molecule has 0 aliphatic carbocycles. The van der Waals surface area contributed by atoms with Crippen molar-refractivity contribution in [2.75, 3.05) is 12.4 Å². The van der Waals surface area contributed by atoms with Gasteiger partial charge in [-0.3, -0.25) is 4.79 Å². The predicted molar refractivity (Wildman–Crippen MR) is 100 cm³/mol. The van der Waals surface area contributed by atoms with Gasteiger partial charge < -0.3 is 10.1 Å². The van der Waals surface area contributed by atoms with E-state index < -0.39 is 34.9 Å². The quantitative estimate of drug-likeness (QED) is 0.481. The molecule has 4 nitrogen and oxygen atoms in total. The molecule has 2 aromatic carbocycles. The molecule has 0 atom stereocenters. The number of halogens is 3. The topological polar surface area (TPSA) is 55.4 Å². The van der Waals surface area contributed by atoms with E-state index in [0.717, 1.165) is 23.0 Å². The molecule has 0 bridgehead atoms. The van der Waals surface area contributed by atoms with Gasteiger partial charge in [0.15, 0.2) is 17.5 Å². The van der Waals surface area contributed by atoms with Gasteiger partial charge in [0.1, 0.15) is 10.6 Å². The van der Waals surface area contributed by atoms with Gasteiger partial charge in [-0.15, -0.1) is 11.3 Å². The molecule has 0 saturated carbocycles. The Kier molecular flexibility index (Phi) is 5.51. The minimum atomic E-state index is -1.74. The summed E-state index contributed by atoms with van der Waals surface area (Å²) in [6.07, 6.45) is 0. The Morgan fingerprint density at radius 3 is 2.32 bits per heavy atom. The van der Waals surface area contributed by atoms with Crippen molar-refractivity contribution in [2.24, 2.45) is 0 Å². The summed E-state index contributed by atoms with van der Waals surface area (Å²) in [6.45, 7) is 1.76. The second-order valence-corrected chi connectivity index (χ2v) is 7.00. The Bertz CT molecular complexity index is 1060. The van der Waals surface area contributed by atoms with Gasteiger partial charge in [-0.1, -0.05) is 30.3 Å². The van der Waals surface area contributed by atoms with Crippen LogP contribution in [-0.4, -0.2) is 19.0 Å². The number of carbonyl (C=O) groups is 2. The molecule has 0 radical (unpaired) electrons. The van der Waals surface area contributed by atoms with Crippen molar-refractivity contribution < 1.29 is 27.5 Å². The van der Waals surface area contributed by atoms with Crippen molar-refractivity contribution in [1.82, 2.24) is 0 Å². The molecule has 0 spiro atoms. The lowest BCUT2D eigenvalue weighted by atomic mass is 10.0. The van der Waals surface area contributed by atoms with E-state index in [-0.39, 0.29) is 10.6 Å². The summed E-state index contributed by atoms with van der Waals surface area (Å²) in [7, 11) is 1.20. The average Bonchev–Trinajstić information content (AvgIpc) is 3.01. The van der Waals surface area contributed by atoms with Crippen molar-refractivity contribution in [3.05, 3.63) is 75.9 Å². The second kappa shape index (κ2) is 7.85. The zero-order valence-electron chi connectivity index (χ0n) is 14.8. The van der Waals surface area contributed by atoms with E-state index in [1.807, 2.05) is 6.07 Å². The Balaban J connectivity index is 2.07. The van der Waals surface area contributed by atoms with Gasteiger partial charge in [-0.05, 0) is 24.6 Å². The van der Waals surface area contributed by atoms with E-state index >= 15 is 0 Å². The molecule has 144 valence electrons. The van der Waals surface area contributed by atoms with Gasteiger partial charge >= 0.3 is 5.97 Å². The number of anilines is 1. The summed E-state index contributed by atoms with van der Waals surface area (Å²) in [5, 5.41) is 2.53. The van der Waals surface area contributed by atoms with E-state index in [2.05, 4.69) is 5.32 Å². The smallest absolute Gasteiger partial charge is 0.341 e. The fourth-order valence-electron chi connectivity index (χ4n) is 2.75. The Hall–Kier alpha value is -3.13. The number of thiophene rings is 1. The molecule has 3 rings (SSSR count). The molecule has 0 aliphatic rings. The number of rotatable bonds is 4. The minimum absolute atomic E-state index is 0.104. The summed E-state index contributed by atoms with van der Waals surface area (Å²) in [5.74, 6) is -6.45. The number of aryl methyl sites for hydroxylation is 1. The van der Waals surface area contributed by atoms with Crippen LogP contribution in [0.25, 0.3) is 11.1 Å². The molecule has 1 heterocycles. The molecule has 3 aromatic rings. The van der Waals surface area contributed by atoms with Crippen molar-refractivity contribution in [1.29, 1.82) is 0 Å². The molecule has 0 unspecified atom stereocenters. The van der Waals surface area contributed by atoms with Crippen LogP contribution in [0.15, 0.2) is 42.5 Å². The van der Waals surface area contributed by atoms with E-state index in [9.17, 15) is 22.8 Å². The first kappa shape index (κ1) is 19.6. The van der Waals surface area contributed by atoms with Gasteiger partial charge in [-0.2, -0.15) is 0 Å². The van der Waals surface area contributed by atoms with Gasteiger partial charge in [0.25, 0.3) is 5.91 Å². The summed E-state index contributed by atoms with van der Waals surface area (Å²) in [6, 6.07) is 10.5. The van der Waals surface area contributed by atoms with Crippen LogP contribution in [0, 0.1) is 24.4 Å². The second-order valence-electron chi connectivity index (χ2n) is 5.77. The fraction of sp³-hybridized carbons (Fsp3) is 0.100. The molecule has 1 amide bonds. The summed E-state index contributed by atoms with van der Waals surface area (Å²) in [5.41, 5.74) is 0.726. The summed E-state index contributed by atoms with van der Waals surface area (Å²) >= 11 is 1.09. The first-order valence-corrected chi connectivity index (χ1v) is 8.88. The number of esters is 1. The third-order valence-corrected chi connectivity index (χ3v) is 5.06. The number of nitrogens with one attached hydrogen (secondary N) is 1. The van der Waals surface area contributed by atoms with E-state index in [4.69, 9.17) is 4.74 Å². The minimum Gasteiger partial charge on any atom is -0.465 e. The number of ether oxygens (including phenoxy) is 1. The number of amides is 1. The predicted octanol–water partition coefficient (Wildman–Crippen LogP) is 5.18. The molecule has 28 heavy (non-hydrogen) atoms. The molecule has 1 N–H and O–H groups in total. The molecular formula is C20H14F3NO3S. The number of hydrogen-bond acceptors (Lipinski definition) is 4. The van der Waals surface area contributed by atoms with Gasteiger partial charge in [0.2, 0.25) is 0 Å². The zero-order valence-corrected chi connectivity index (χ0v) is 15.6. The van der Waals surface area contributed by atoms with Crippen molar-refractivity contribution >= 4 is 28.2 Å². The summed E-state index contributed by atoms with van der Waals surface area (Å²) < 4.78 is 45.3. The van der Waals surface area contributed by atoms with E-state index in [0.29, 0.717) is 16.5 Å². The Labute approximate surface area is 162 Å². The SMILES string of the molecule is COC(=O)c1c(NC(=O)c2ccc(F)c(F)c2F)sc(C)c1-c1ccccc1. The first-order valence-electron chi connectivity index (χ1n) is 8.07. The van der Waals surface area contributed by atoms with Crippen LogP contribution in [0.2, 0.25) is 0 Å². The first-order chi connectivity index (χ1) is 13.3. The van der Waals surface area contributed by atoms with Crippen molar-refractivity contribution in [3.63, 3.8) is 0 Å². The van der Waals surface area contributed by atoms with Crippen LogP contribution in [0.3, 0.4) is 0 Å². The van der Waals surface area contributed by atoms with Crippen LogP contribution in [0.5, 0.6) is 0 Å². The normalized spacial score (nSPS) is 10.6. The average molecular weight is 405 g/mol. The molecule has 0 saturated heterocycles. The third kappa shape index (κ3) is 3.50. The lowest BCUT2D eigenvalue weighted by Crippen LogP contribution is -2.16. The lowest BCUT2D eigenvalue weighted by Gasteiger charge is -2.09. The van der Waals surface area contributed by atoms with Gasteiger partial charge in [-0.25, -0.2) is 18.0 Å². The van der Waals surface area contributed by atoms with Crippen LogP contribution in [0.4, 0.5) is 18.2 Å². The highest BCUT2D eigenvalue weighted by atomic mass is 32.1. The van der Waals surface area contributed by atoms with Crippen LogP contribution in [0.1, 0.15) is 25.6 Å². The van der Waals surface area contributed by atoms with Crippen LogP contribution >= 0.6 is 11.3 Å². The van der Waals surface area contributed by atoms with E-state index in [1.54, 1.807) is 31.2 Å². The summed E-state index contributed by atoms with van der Waals surface area (Å²) in [4.78, 5) is 25.5. The molecule has 8 heteroatoms. The Morgan fingerprint density at radius 2 is 1.68 bits per heavy atom. The maximum atomic E-state index is 13.9. The highest BCUT2D eigenvalue weighted by Crippen LogP contribution is 2.40. The highest BCUT2D eigenvalue weighted by Gasteiger charge is 2.26. The van der Waals surface area contributed by atoms with Gasteiger partial charge in [0, 0.05) is 10.4 Å². The Morgan fingerprint density at radius 1 is 1.00 bits per heavy atom. The monoisotopic (exact) mass is 405 g/mol. The largest absolute Gasteiger partial charge is 0.465 e. The number of hydrogen-bond donors (Lipinski definition) is 1. The lowest BCUT2D eigenvalue weighted by molar-refractivity contribution is 0.0603. The van der Waals surface area contributed by atoms with Crippen LogP contribution < -0.4 is 5.32 Å². The highest BCUT2D eigenvalue weighted by molar-refractivity contribution is 7.17. The molecule has 1 aromatic heterocycles. The zero-order chi connectivity index (χ0) is 20.4. The van der Waals surface area contributed by atoms with Crippen molar-refractivity contribution in [3.8, 4) is 11.1 Å². The van der Waals surface area contributed by atoms with Crippen molar-refractivity contribution in [2.45, 2.75) is 6.92 Å². The maximum Gasteiger partial charge on any atom is 0.341 e. The number of methoxy groups -OCH3 is 1. The fourth-order valence-corrected chi connectivity index (χ4v) is 3.81. The molecule has 0 fully saturated rings. The standard InChI is InChI=1S/C20H14F3NO3S/c1-10-14(11-6-4-3-5-7-11)15(20(26)27-2)19(28-10)24-18(25)12-8-9-13(21)17(23)16(12)22/h3-9H,1-2H3,(H,24,25). The number of carbonyl (C=O) groups excluding carboxylic acids is 2. The van der Waals surface area contributed by atoms with Gasteiger partial charge in [0.05, 0.1) is 12.7 Å². The van der Waals surface area contributed by atoms with Crippen LogP contribution in [-0.2, 0) is 4.74 Å². The third-order valence-electron chi connectivity index (χ3n) is 4.04. The number of benzene rings is 2. The molecule has 0 aliphatic heterocycles.